The largest absolute Gasteiger partial charge is 0.467 e. The average molecular weight is 392 g/mol. The quantitative estimate of drug-likeness (QED) is 0.763. The van der Waals surface area contributed by atoms with Crippen molar-refractivity contribution in [2.75, 3.05) is 11.9 Å². The first kappa shape index (κ1) is 19.5. The molecule has 2 heterocycles. The van der Waals surface area contributed by atoms with E-state index in [1.54, 1.807) is 12.1 Å². The van der Waals surface area contributed by atoms with Crippen molar-refractivity contribution < 1.29 is 32.3 Å². The lowest BCUT2D eigenvalue weighted by Gasteiger charge is -2.17. The lowest BCUT2D eigenvalue weighted by atomic mass is 10.1. The molecule has 1 N–H and O–H groups in total. The van der Waals surface area contributed by atoms with Gasteiger partial charge in [0.2, 0.25) is 5.91 Å². The number of furan rings is 1. The second-order valence-electron chi connectivity index (χ2n) is 6.45. The molecular weight excluding hydrogens is 374 g/mol. The number of hydrogen-bond acceptors (Lipinski definition) is 5. The van der Waals surface area contributed by atoms with Gasteiger partial charge in [0.25, 0.3) is 5.91 Å². The van der Waals surface area contributed by atoms with Crippen LogP contribution in [0.3, 0.4) is 0 Å². The Morgan fingerprint density at radius 2 is 2.14 bits per heavy atom. The van der Waals surface area contributed by atoms with E-state index in [-0.39, 0.29) is 31.1 Å². The van der Waals surface area contributed by atoms with Gasteiger partial charge in [-0.2, -0.15) is 0 Å². The molecule has 0 spiro atoms. The number of esters is 1. The van der Waals surface area contributed by atoms with Crippen LogP contribution >= 0.6 is 0 Å². The highest BCUT2D eigenvalue weighted by atomic mass is 19.1. The zero-order chi connectivity index (χ0) is 20.3. The minimum Gasteiger partial charge on any atom is -0.467 e. The molecule has 1 saturated heterocycles. The number of nitrogens with one attached hydrogen (secondary N) is 1. The summed E-state index contributed by atoms with van der Waals surface area (Å²) in [4.78, 5) is 37.9. The average Bonchev–Trinajstić information content (AvgIpc) is 3.28. The van der Waals surface area contributed by atoms with Gasteiger partial charge in [-0.1, -0.05) is 0 Å². The van der Waals surface area contributed by atoms with Crippen LogP contribution in [0.25, 0.3) is 0 Å². The number of amides is 2. The Morgan fingerprint density at radius 3 is 2.82 bits per heavy atom. The van der Waals surface area contributed by atoms with E-state index in [0.717, 1.165) is 12.1 Å². The number of rotatable bonds is 6. The number of nitrogens with zero attached hydrogens (tertiary/aromatic N) is 1. The molecule has 3 rings (SSSR count). The minimum atomic E-state index is -1.22. The van der Waals surface area contributed by atoms with Gasteiger partial charge in [-0.25, -0.2) is 8.78 Å². The first-order chi connectivity index (χ1) is 13.3. The van der Waals surface area contributed by atoms with Gasteiger partial charge in [-0.3, -0.25) is 14.4 Å². The van der Waals surface area contributed by atoms with E-state index in [4.69, 9.17) is 9.15 Å². The van der Waals surface area contributed by atoms with E-state index in [2.05, 4.69) is 5.32 Å². The van der Waals surface area contributed by atoms with E-state index < -0.39 is 35.5 Å². The highest BCUT2D eigenvalue weighted by Crippen LogP contribution is 2.22. The van der Waals surface area contributed by atoms with Crippen molar-refractivity contribution >= 4 is 23.5 Å². The predicted molar refractivity (Wildman–Crippen MR) is 92.8 cm³/mol. The summed E-state index contributed by atoms with van der Waals surface area (Å²) in [6, 6.07) is 6.11. The minimum absolute atomic E-state index is 0.0273. The summed E-state index contributed by atoms with van der Waals surface area (Å²) in [5.41, 5.74) is -0.227. The Bertz CT molecular complexity index is 884. The fourth-order valence-corrected chi connectivity index (χ4v) is 2.82. The summed E-state index contributed by atoms with van der Waals surface area (Å²) in [7, 11) is 0. The van der Waals surface area contributed by atoms with Crippen molar-refractivity contribution in [1.29, 1.82) is 0 Å². The van der Waals surface area contributed by atoms with Gasteiger partial charge in [0.15, 0.2) is 6.10 Å². The molecule has 28 heavy (non-hydrogen) atoms. The SMILES string of the molecule is C[C@@H](OC(=O)[C@H]1CC(=O)N(Cc2ccco2)C1)C(=O)Nc1ccc(F)cc1F. The fraction of sp³-hybridized carbons (Fsp3) is 0.316. The molecule has 1 aliphatic rings. The Balaban J connectivity index is 1.53. The number of hydrogen-bond donors (Lipinski definition) is 1. The third kappa shape index (κ3) is 4.54. The summed E-state index contributed by atoms with van der Waals surface area (Å²) in [5, 5.41) is 2.23. The van der Waals surface area contributed by atoms with Crippen LogP contribution < -0.4 is 5.32 Å². The van der Waals surface area contributed by atoms with Crippen LogP contribution in [0, 0.1) is 17.6 Å². The maximum absolute atomic E-state index is 13.6. The lowest BCUT2D eigenvalue weighted by molar-refractivity contribution is -0.157. The van der Waals surface area contributed by atoms with Crippen LogP contribution in [0.1, 0.15) is 19.1 Å². The van der Waals surface area contributed by atoms with Crippen LogP contribution in [0.2, 0.25) is 0 Å². The van der Waals surface area contributed by atoms with Crippen LogP contribution in [-0.2, 0) is 25.7 Å². The van der Waals surface area contributed by atoms with E-state index in [1.807, 2.05) is 0 Å². The molecule has 0 saturated carbocycles. The standard InChI is InChI=1S/C19H18F2N2O5/c1-11(18(25)22-16-5-4-13(20)8-15(16)21)28-19(26)12-7-17(24)23(9-12)10-14-3-2-6-27-14/h2-6,8,11-12H,7,9-10H2,1H3,(H,22,25)/t11-,12+/m1/s1. The molecule has 0 unspecified atom stereocenters. The zero-order valence-corrected chi connectivity index (χ0v) is 15.0. The first-order valence-corrected chi connectivity index (χ1v) is 8.60. The molecule has 0 aliphatic carbocycles. The second-order valence-corrected chi connectivity index (χ2v) is 6.45. The van der Waals surface area contributed by atoms with Crippen LogP contribution in [0.5, 0.6) is 0 Å². The molecule has 9 heteroatoms. The monoisotopic (exact) mass is 392 g/mol. The van der Waals surface area contributed by atoms with E-state index in [0.29, 0.717) is 11.8 Å². The highest BCUT2D eigenvalue weighted by Gasteiger charge is 2.37. The third-order valence-electron chi connectivity index (χ3n) is 4.33. The van der Waals surface area contributed by atoms with Gasteiger partial charge >= 0.3 is 5.97 Å². The lowest BCUT2D eigenvalue weighted by Crippen LogP contribution is -2.33. The summed E-state index contributed by atoms with van der Waals surface area (Å²) >= 11 is 0. The van der Waals surface area contributed by atoms with Gasteiger partial charge in [-0.05, 0) is 31.2 Å². The number of anilines is 1. The molecule has 2 atom stereocenters. The fourth-order valence-electron chi connectivity index (χ4n) is 2.82. The second kappa shape index (κ2) is 8.20. The summed E-state index contributed by atoms with van der Waals surface area (Å²) in [6.45, 7) is 1.72. The number of likely N-dealkylation sites (tertiary alicyclic amines) is 1. The Kier molecular flexibility index (Phi) is 5.72. The maximum Gasteiger partial charge on any atom is 0.312 e. The first-order valence-electron chi connectivity index (χ1n) is 8.60. The number of benzene rings is 1. The van der Waals surface area contributed by atoms with Crippen molar-refractivity contribution in [3.05, 3.63) is 54.0 Å². The molecular formula is C19H18F2N2O5. The molecule has 148 valence electrons. The number of carbonyl (C=O) groups excluding carboxylic acids is 3. The van der Waals surface area contributed by atoms with E-state index >= 15 is 0 Å². The van der Waals surface area contributed by atoms with Crippen LogP contribution in [0.4, 0.5) is 14.5 Å². The van der Waals surface area contributed by atoms with E-state index in [9.17, 15) is 23.2 Å². The molecule has 1 fully saturated rings. The molecule has 2 amide bonds. The topological polar surface area (TPSA) is 88.9 Å². The van der Waals surface area contributed by atoms with Crippen molar-refractivity contribution in [1.82, 2.24) is 4.90 Å². The van der Waals surface area contributed by atoms with Crippen LogP contribution in [0.15, 0.2) is 41.0 Å². The number of halogens is 2. The molecule has 0 radical (unpaired) electrons. The summed E-state index contributed by atoms with van der Waals surface area (Å²) in [5.74, 6) is -3.52. The Hall–Kier alpha value is -3.23. The summed E-state index contributed by atoms with van der Waals surface area (Å²) < 4.78 is 36.8. The Morgan fingerprint density at radius 1 is 1.36 bits per heavy atom. The predicted octanol–water partition coefficient (Wildman–Crippen LogP) is 2.48. The Labute approximate surface area is 159 Å². The molecule has 1 aliphatic heterocycles. The molecule has 1 aromatic carbocycles. The molecule has 2 aromatic rings. The number of ether oxygens (including phenoxy) is 1. The number of carbonyl (C=O) groups is 3. The summed E-state index contributed by atoms with van der Waals surface area (Å²) in [6.07, 6.45) is 0.248. The van der Waals surface area contributed by atoms with Crippen LogP contribution in [-0.4, -0.2) is 35.3 Å². The van der Waals surface area contributed by atoms with Gasteiger partial charge in [0.1, 0.15) is 17.4 Å². The maximum atomic E-state index is 13.6. The van der Waals surface area contributed by atoms with Gasteiger partial charge < -0.3 is 19.4 Å². The third-order valence-corrected chi connectivity index (χ3v) is 4.33. The smallest absolute Gasteiger partial charge is 0.312 e. The van der Waals surface area contributed by atoms with E-state index in [1.165, 1.54) is 18.1 Å². The van der Waals surface area contributed by atoms with Crippen molar-refractivity contribution in [3.8, 4) is 0 Å². The normalized spacial score (nSPS) is 17.5. The molecule has 7 nitrogen and oxygen atoms in total. The molecule has 1 aromatic heterocycles. The van der Waals surface area contributed by atoms with Gasteiger partial charge in [0, 0.05) is 19.0 Å². The van der Waals surface area contributed by atoms with Crippen molar-refractivity contribution in [3.63, 3.8) is 0 Å². The van der Waals surface area contributed by atoms with Gasteiger partial charge in [0.05, 0.1) is 24.4 Å². The highest BCUT2D eigenvalue weighted by molar-refractivity contribution is 5.95. The molecule has 0 bridgehead atoms. The van der Waals surface area contributed by atoms with Crippen molar-refractivity contribution in [2.24, 2.45) is 5.92 Å². The zero-order valence-electron chi connectivity index (χ0n) is 15.0. The van der Waals surface area contributed by atoms with Gasteiger partial charge in [-0.15, -0.1) is 0 Å². The van der Waals surface area contributed by atoms with Crippen molar-refractivity contribution in [2.45, 2.75) is 26.0 Å².